The van der Waals surface area contributed by atoms with Gasteiger partial charge in [0.25, 0.3) is 0 Å². The topological polar surface area (TPSA) is 13.1 Å². The van der Waals surface area contributed by atoms with Crippen LogP contribution in [0.15, 0.2) is 30.6 Å². The molecule has 0 bridgehead atoms. The molecule has 1 aromatic rings. The maximum Gasteiger partial charge on any atom is 0.174 e. The van der Waals surface area contributed by atoms with Gasteiger partial charge in [-0.3, -0.25) is 0 Å². The van der Waals surface area contributed by atoms with Gasteiger partial charge < -0.3 is 4.74 Å². The molecule has 0 amide bonds. The number of hydrogen-bond donors (Lipinski definition) is 0. The molecule has 2 nitrogen and oxygen atoms in total. The summed E-state index contributed by atoms with van der Waals surface area (Å²) in [4.78, 5) is 0. The van der Waals surface area contributed by atoms with E-state index in [2.05, 4.69) is 23.9 Å². The first kappa shape index (κ1) is 9.20. The van der Waals surface area contributed by atoms with Crippen molar-refractivity contribution in [3.8, 4) is 0 Å². The van der Waals surface area contributed by atoms with Gasteiger partial charge in [-0.2, -0.15) is 0 Å². The van der Waals surface area contributed by atoms with Crippen LogP contribution in [0.2, 0.25) is 0 Å². The molecular formula is C10H16NO+. The molecule has 0 fully saturated rings. The zero-order valence-corrected chi connectivity index (χ0v) is 7.73. The van der Waals surface area contributed by atoms with Crippen LogP contribution in [0.1, 0.15) is 13.3 Å². The Balaban J connectivity index is 2.51. The van der Waals surface area contributed by atoms with E-state index < -0.39 is 0 Å². The molecule has 0 aliphatic rings. The van der Waals surface area contributed by atoms with Crippen molar-refractivity contribution in [2.45, 2.75) is 26.0 Å². The van der Waals surface area contributed by atoms with Gasteiger partial charge >= 0.3 is 0 Å². The largest absolute Gasteiger partial charge is 0.375 e. The van der Waals surface area contributed by atoms with Crippen molar-refractivity contribution in [1.82, 2.24) is 0 Å². The summed E-state index contributed by atoms with van der Waals surface area (Å²) in [5.74, 6) is 0. The molecular weight excluding hydrogens is 150 g/mol. The molecule has 1 heterocycles. The molecule has 0 saturated carbocycles. The summed E-state index contributed by atoms with van der Waals surface area (Å²) in [5, 5.41) is 0. The molecule has 66 valence electrons. The van der Waals surface area contributed by atoms with Gasteiger partial charge in [-0.1, -0.05) is 13.0 Å². The number of rotatable bonds is 4. The quantitative estimate of drug-likeness (QED) is 0.616. The molecule has 0 aliphatic carbocycles. The van der Waals surface area contributed by atoms with Crippen molar-refractivity contribution in [1.29, 1.82) is 0 Å². The number of hydrogen-bond acceptors (Lipinski definition) is 1. The smallest absolute Gasteiger partial charge is 0.174 e. The Morgan fingerprint density at radius 1 is 1.25 bits per heavy atom. The van der Waals surface area contributed by atoms with Gasteiger partial charge in [-0.15, -0.1) is 0 Å². The Bertz CT molecular complexity index is 206. The van der Waals surface area contributed by atoms with Crippen molar-refractivity contribution in [2.24, 2.45) is 0 Å². The predicted octanol–water partition coefficient (Wildman–Crippen LogP) is 1.40. The molecule has 12 heavy (non-hydrogen) atoms. The fourth-order valence-electron chi connectivity index (χ4n) is 1.16. The average molecular weight is 166 g/mol. The highest BCUT2D eigenvalue weighted by Gasteiger charge is 2.09. The molecule has 0 spiro atoms. The summed E-state index contributed by atoms with van der Waals surface area (Å²) < 4.78 is 7.42. The van der Waals surface area contributed by atoms with E-state index in [0.29, 0.717) is 6.10 Å². The van der Waals surface area contributed by atoms with Crippen LogP contribution in [0, 0.1) is 0 Å². The van der Waals surface area contributed by atoms with Gasteiger partial charge in [-0.05, 0) is 6.42 Å². The fourth-order valence-corrected chi connectivity index (χ4v) is 1.16. The average Bonchev–Trinajstić information content (AvgIpc) is 2.16. The SMILES string of the molecule is CCC(C[n+]1ccccc1)OC. The highest BCUT2D eigenvalue weighted by Crippen LogP contribution is 1.94. The zero-order valence-electron chi connectivity index (χ0n) is 7.73. The zero-order chi connectivity index (χ0) is 8.81. The summed E-state index contributed by atoms with van der Waals surface area (Å²) in [6.07, 6.45) is 5.50. The van der Waals surface area contributed by atoms with Crippen LogP contribution in [0.3, 0.4) is 0 Å². The molecule has 1 unspecified atom stereocenters. The Labute approximate surface area is 73.8 Å². The second-order valence-electron chi connectivity index (χ2n) is 2.84. The highest BCUT2D eigenvalue weighted by atomic mass is 16.5. The first-order valence-electron chi connectivity index (χ1n) is 4.33. The second-order valence-corrected chi connectivity index (χ2v) is 2.84. The third-order valence-electron chi connectivity index (χ3n) is 1.98. The normalized spacial score (nSPS) is 12.8. The van der Waals surface area contributed by atoms with E-state index in [0.717, 1.165) is 13.0 Å². The third kappa shape index (κ3) is 2.62. The first-order chi connectivity index (χ1) is 5.86. The summed E-state index contributed by atoms with van der Waals surface area (Å²) in [6.45, 7) is 3.07. The number of aromatic nitrogens is 1. The Morgan fingerprint density at radius 3 is 2.42 bits per heavy atom. The minimum Gasteiger partial charge on any atom is -0.375 e. The van der Waals surface area contributed by atoms with E-state index in [-0.39, 0.29) is 0 Å². The van der Waals surface area contributed by atoms with Crippen molar-refractivity contribution in [3.05, 3.63) is 30.6 Å². The van der Waals surface area contributed by atoms with Gasteiger partial charge in [0.05, 0.1) is 0 Å². The first-order valence-corrected chi connectivity index (χ1v) is 4.33. The molecule has 0 aliphatic heterocycles. The van der Waals surface area contributed by atoms with E-state index in [4.69, 9.17) is 4.74 Å². The third-order valence-corrected chi connectivity index (χ3v) is 1.98. The molecule has 0 saturated heterocycles. The lowest BCUT2D eigenvalue weighted by atomic mass is 10.3. The van der Waals surface area contributed by atoms with Crippen LogP contribution in [-0.2, 0) is 11.3 Å². The van der Waals surface area contributed by atoms with Gasteiger partial charge in [-0.25, -0.2) is 4.57 Å². The summed E-state index contributed by atoms with van der Waals surface area (Å²) in [5.41, 5.74) is 0. The fraction of sp³-hybridized carbons (Fsp3) is 0.500. The Morgan fingerprint density at radius 2 is 1.92 bits per heavy atom. The van der Waals surface area contributed by atoms with Crippen LogP contribution in [0.4, 0.5) is 0 Å². The lowest BCUT2D eigenvalue weighted by Crippen LogP contribution is -2.39. The van der Waals surface area contributed by atoms with Crippen LogP contribution in [-0.4, -0.2) is 13.2 Å². The Hall–Kier alpha value is -0.890. The van der Waals surface area contributed by atoms with Gasteiger partial charge in [0.1, 0.15) is 6.10 Å². The summed E-state index contributed by atoms with van der Waals surface area (Å²) in [7, 11) is 1.76. The second kappa shape index (κ2) is 4.88. The van der Waals surface area contributed by atoms with Crippen LogP contribution in [0.25, 0.3) is 0 Å². The maximum absolute atomic E-state index is 5.28. The predicted molar refractivity (Wildman–Crippen MR) is 47.7 cm³/mol. The number of pyridine rings is 1. The minimum absolute atomic E-state index is 0.331. The van der Waals surface area contributed by atoms with Crippen LogP contribution >= 0.6 is 0 Å². The maximum atomic E-state index is 5.28. The monoisotopic (exact) mass is 166 g/mol. The van der Waals surface area contributed by atoms with Crippen LogP contribution in [0.5, 0.6) is 0 Å². The highest BCUT2D eigenvalue weighted by molar-refractivity contribution is 4.83. The van der Waals surface area contributed by atoms with Crippen molar-refractivity contribution in [2.75, 3.05) is 7.11 Å². The number of ether oxygens (including phenoxy) is 1. The summed E-state index contributed by atoms with van der Waals surface area (Å²) >= 11 is 0. The van der Waals surface area contributed by atoms with Crippen molar-refractivity contribution >= 4 is 0 Å². The number of methoxy groups -OCH3 is 1. The van der Waals surface area contributed by atoms with Gasteiger partial charge in [0, 0.05) is 19.2 Å². The minimum atomic E-state index is 0.331. The summed E-state index contributed by atoms with van der Waals surface area (Å²) in [6, 6.07) is 6.08. The number of nitrogens with zero attached hydrogens (tertiary/aromatic N) is 1. The molecule has 0 radical (unpaired) electrons. The molecule has 1 rings (SSSR count). The van der Waals surface area contributed by atoms with Crippen molar-refractivity contribution in [3.63, 3.8) is 0 Å². The molecule has 0 N–H and O–H groups in total. The van der Waals surface area contributed by atoms with E-state index in [1.807, 2.05) is 18.2 Å². The van der Waals surface area contributed by atoms with E-state index in [1.165, 1.54) is 0 Å². The van der Waals surface area contributed by atoms with Gasteiger partial charge in [0.2, 0.25) is 0 Å². The van der Waals surface area contributed by atoms with Crippen LogP contribution < -0.4 is 4.57 Å². The molecule has 2 heteroatoms. The van der Waals surface area contributed by atoms with Gasteiger partial charge in [0.15, 0.2) is 18.9 Å². The lowest BCUT2D eigenvalue weighted by molar-refractivity contribution is -0.703. The molecule has 0 aromatic carbocycles. The van der Waals surface area contributed by atoms with E-state index in [1.54, 1.807) is 7.11 Å². The molecule has 1 aromatic heterocycles. The van der Waals surface area contributed by atoms with E-state index >= 15 is 0 Å². The standard InChI is InChI=1S/C10H16NO/c1-3-10(12-2)9-11-7-5-4-6-8-11/h4-8,10H,3,9H2,1-2H3/q+1. The Kier molecular flexibility index (Phi) is 3.74. The molecule has 1 atom stereocenters. The van der Waals surface area contributed by atoms with E-state index in [9.17, 15) is 0 Å². The lowest BCUT2D eigenvalue weighted by Gasteiger charge is -2.08. The van der Waals surface area contributed by atoms with Crippen molar-refractivity contribution < 1.29 is 9.30 Å².